The minimum Gasteiger partial charge on any atom is -0.459 e. The first-order valence-corrected chi connectivity index (χ1v) is 5.75. The van der Waals surface area contributed by atoms with E-state index in [1.54, 1.807) is 6.07 Å². The van der Waals surface area contributed by atoms with Gasteiger partial charge in [0.05, 0.1) is 12.9 Å². The first-order valence-electron chi connectivity index (χ1n) is 5.21. The zero-order valence-corrected chi connectivity index (χ0v) is 10.0. The third-order valence-electron chi connectivity index (χ3n) is 2.04. The van der Waals surface area contributed by atoms with Gasteiger partial charge in [-0.05, 0) is 19.4 Å². The van der Waals surface area contributed by atoms with E-state index in [9.17, 15) is 4.79 Å². The number of aryl methyl sites for hydroxylation is 1. The van der Waals surface area contributed by atoms with Crippen LogP contribution in [0.3, 0.4) is 0 Å². The summed E-state index contributed by atoms with van der Waals surface area (Å²) in [5, 5.41) is 2.76. The maximum atomic E-state index is 11.5. The summed E-state index contributed by atoms with van der Waals surface area (Å²) in [7, 11) is 0. The Hall–Kier alpha value is -1.00. The van der Waals surface area contributed by atoms with Crippen molar-refractivity contribution in [3.8, 4) is 0 Å². The lowest BCUT2D eigenvalue weighted by Gasteiger charge is -2.04. The Morgan fingerprint density at radius 3 is 3.00 bits per heavy atom. The number of hydrogen-bond donors (Lipinski definition) is 1. The normalized spacial score (nSPS) is 10.4. The molecule has 0 aromatic carbocycles. The van der Waals surface area contributed by atoms with Crippen molar-refractivity contribution in [1.82, 2.24) is 5.32 Å². The predicted molar refractivity (Wildman–Crippen MR) is 61.9 cm³/mol. The van der Waals surface area contributed by atoms with Crippen molar-refractivity contribution >= 4 is 17.5 Å². The van der Waals surface area contributed by atoms with Crippen molar-refractivity contribution in [2.45, 2.75) is 13.3 Å². The van der Waals surface area contributed by atoms with Crippen LogP contribution < -0.4 is 5.32 Å². The number of amides is 1. The summed E-state index contributed by atoms with van der Waals surface area (Å²) < 4.78 is 10.2. The number of carbonyl (C=O) groups excluding carboxylic acids is 1. The minimum absolute atomic E-state index is 0.181. The fourth-order valence-corrected chi connectivity index (χ4v) is 1.33. The van der Waals surface area contributed by atoms with Crippen LogP contribution in [-0.4, -0.2) is 31.5 Å². The van der Waals surface area contributed by atoms with Crippen LogP contribution in [0.4, 0.5) is 0 Å². The third-order valence-corrected chi connectivity index (χ3v) is 2.20. The van der Waals surface area contributed by atoms with Gasteiger partial charge in [0.15, 0.2) is 5.76 Å². The van der Waals surface area contributed by atoms with E-state index in [1.807, 2.05) is 6.92 Å². The molecule has 0 radical (unpaired) electrons. The zero-order valence-electron chi connectivity index (χ0n) is 9.29. The van der Waals surface area contributed by atoms with E-state index < -0.39 is 0 Å². The van der Waals surface area contributed by atoms with Crippen LogP contribution >= 0.6 is 11.6 Å². The highest BCUT2D eigenvalue weighted by Gasteiger charge is 2.10. The number of hydrogen-bond acceptors (Lipinski definition) is 3. The molecule has 4 nitrogen and oxygen atoms in total. The summed E-state index contributed by atoms with van der Waals surface area (Å²) in [6.45, 7) is 3.56. The Labute approximate surface area is 99.9 Å². The molecule has 0 saturated heterocycles. The monoisotopic (exact) mass is 245 g/mol. The van der Waals surface area contributed by atoms with E-state index >= 15 is 0 Å². The van der Waals surface area contributed by atoms with Gasteiger partial charge in [0, 0.05) is 24.6 Å². The Morgan fingerprint density at radius 2 is 2.38 bits per heavy atom. The highest BCUT2D eigenvalue weighted by atomic mass is 35.5. The van der Waals surface area contributed by atoms with Crippen LogP contribution in [0.2, 0.25) is 0 Å². The smallest absolute Gasteiger partial charge is 0.287 e. The molecule has 0 fully saturated rings. The van der Waals surface area contributed by atoms with E-state index in [0.29, 0.717) is 31.4 Å². The molecule has 1 aromatic rings. The number of rotatable bonds is 7. The summed E-state index contributed by atoms with van der Waals surface area (Å²) in [5.74, 6) is 0.694. The van der Waals surface area contributed by atoms with Gasteiger partial charge in [-0.2, -0.15) is 0 Å². The second kappa shape index (κ2) is 7.30. The highest BCUT2D eigenvalue weighted by Crippen LogP contribution is 2.07. The van der Waals surface area contributed by atoms with E-state index in [2.05, 4.69) is 5.32 Å². The number of ether oxygens (including phenoxy) is 1. The summed E-state index contributed by atoms with van der Waals surface area (Å²) in [6.07, 6.45) is 2.27. The molecular weight excluding hydrogens is 230 g/mol. The molecule has 1 aromatic heterocycles. The van der Waals surface area contributed by atoms with Crippen molar-refractivity contribution < 1.29 is 13.9 Å². The van der Waals surface area contributed by atoms with E-state index in [-0.39, 0.29) is 5.91 Å². The lowest BCUT2D eigenvalue weighted by atomic mass is 10.2. The van der Waals surface area contributed by atoms with Crippen molar-refractivity contribution in [1.29, 1.82) is 0 Å². The number of furan rings is 1. The largest absolute Gasteiger partial charge is 0.459 e. The van der Waals surface area contributed by atoms with Crippen LogP contribution in [0.1, 0.15) is 22.5 Å². The van der Waals surface area contributed by atoms with Crippen molar-refractivity contribution in [3.05, 3.63) is 23.7 Å². The molecule has 0 atom stereocenters. The summed E-state index contributed by atoms with van der Waals surface area (Å²) in [5.41, 5.74) is 0.843. The summed E-state index contributed by atoms with van der Waals surface area (Å²) in [6, 6.07) is 1.76. The minimum atomic E-state index is -0.181. The molecule has 1 amide bonds. The Kier molecular flexibility index (Phi) is 5.96. The summed E-state index contributed by atoms with van der Waals surface area (Å²) >= 11 is 5.44. The summed E-state index contributed by atoms with van der Waals surface area (Å²) in [4.78, 5) is 11.5. The lowest BCUT2D eigenvalue weighted by Crippen LogP contribution is -2.25. The second-order valence-electron chi connectivity index (χ2n) is 3.34. The van der Waals surface area contributed by atoms with Gasteiger partial charge in [-0.15, -0.1) is 11.6 Å². The van der Waals surface area contributed by atoms with Gasteiger partial charge < -0.3 is 14.5 Å². The molecule has 0 spiro atoms. The Bertz CT molecular complexity index is 325. The maximum Gasteiger partial charge on any atom is 0.287 e. The van der Waals surface area contributed by atoms with Gasteiger partial charge in [-0.25, -0.2) is 0 Å². The standard InChI is InChI=1S/C11H16ClNO3/c1-9-3-7-16-10(9)11(14)13-5-2-6-15-8-4-12/h3,7H,2,4-6,8H2,1H3,(H,13,14). The second-order valence-corrected chi connectivity index (χ2v) is 3.72. The number of carbonyl (C=O) groups is 1. The maximum absolute atomic E-state index is 11.5. The van der Waals surface area contributed by atoms with Gasteiger partial charge in [0.2, 0.25) is 0 Å². The predicted octanol–water partition coefficient (Wildman–Crippen LogP) is 1.96. The molecule has 0 unspecified atom stereocenters. The average molecular weight is 246 g/mol. The quantitative estimate of drug-likeness (QED) is 0.590. The van der Waals surface area contributed by atoms with E-state index in [1.165, 1.54) is 6.26 Å². The molecule has 1 N–H and O–H groups in total. The van der Waals surface area contributed by atoms with Crippen LogP contribution in [-0.2, 0) is 4.74 Å². The molecule has 5 heteroatoms. The average Bonchev–Trinajstić information content (AvgIpc) is 2.69. The van der Waals surface area contributed by atoms with Crippen LogP contribution in [0.25, 0.3) is 0 Å². The first-order chi connectivity index (χ1) is 7.75. The zero-order chi connectivity index (χ0) is 11.8. The molecule has 16 heavy (non-hydrogen) atoms. The molecule has 0 aliphatic heterocycles. The van der Waals surface area contributed by atoms with Gasteiger partial charge in [0.25, 0.3) is 5.91 Å². The third kappa shape index (κ3) is 4.24. The Balaban J connectivity index is 2.14. The van der Waals surface area contributed by atoms with Crippen molar-refractivity contribution in [2.75, 3.05) is 25.6 Å². The van der Waals surface area contributed by atoms with Crippen LogP contribution in [0.5, 0.6) is 0 Å². The van der Waals surface area contributed by atoms with Gasteiger partial charge >= 0.3 is 0 Å². The van der Waals surface area contributed by atoms with Gasteiger partial charge in [-0.1, -0.05) is 0 Å². The topological polar surface area (TPSA) is 51.5 Å². The van der Waals surface area contributed by atoms with Gasteiger partial charge in [0.1, 0.15) is 0 Å². The van der Waals surface area contributed by atoms with Gasteiger partial charge in [-0.3, -0.25) is 4.79 Å². The van der Waals surface area contributed by atoms with E-state index in [0.717, 1.165) is 12.0 Å². The fraction of sp³-hybridized carbons (Fsp3) is 0.545. The molecule has 1 rings (SSSR count). The SMILES string of the molecule is Cc1ccoc1C(=O)NCCCOCCCl. The first kappa shape index (κ1) is 13.1. The van der Waals surface area contributed by atoms with E-state index in [4.69, 9.17) is 20.8 Å². The van der Waals surface area contributed by atoms with Crippen LogP contribution in [0.15, 0.2) is 16.7 Å². The lowest BCUT2D eigenvalue weighted by molar-refractivity contribution is 0.0916. The van der Waals surface area contributed by atoms with Crippen molar-refractivity contribution in [3.63, 3.8) is 0 Å². The Morgan fingerprint density at radius 1 is 1.56 bits per heavy atom. The van der Waals surface area contributed by atoms with Crippen LogP contribution in [0, 0.1) is 6.92 Å². The number of halogens is 1. The molecule has 90 valence electrons. The number of alkyl halides is 1. The molecular formula is C11H16ClNO3. The molecule has 1 heterocycles. The molecule has 0 bridgehead atoms. The molecule has 0 aliphatic carbocycles. The van der Waals surface area contributed by atoms with Crippen molar-refractivity contribution in [2.24, 2.45) is 0 Å². The number of nitrogens with one attached hydrogen (secondary N) is 1. The molecule has 0 aliphatic rings. The fourth-order valence-electron chi connectivity index (χ4n) is 1.22. The highest BCUT2D eigenvalue weighted by molar-refractivity contribution is 6.17. The molecule has 0 saturated carbocycles.